The Balaban J connectivity index is 3.03. The first-order valence-corrected chi connectivity index (χ1v) is 4.45. The second-order valence-corrected chi connectivity index (χ2v) is 2.98. The summed E-state index contributed by atoms with van der Waals surface area (Å²) >= 11 is 0. The summed E-state index contributed by atoms with van der Waals surface area (Å²) in [5, 5.41) is 10.2. The Morgan fingerprint density at radius 2 is 2.06 bits per heavy atom. The minimum atomic E-state index is -0.747. The molecule has 0 bridgehead atoms. The number of benzene rings is 1. The van der Waals surface area contributed by atoms with Crippen molar-refractivity contribution in [1.82, 2.24) is 0 Å². The molecule has 86 valence electrons. The van der Waals surface area contributed by atoms with Crippen molar-refractivity contribution in [3.05, 3.63) is 33.9 Å². The Morgan fingerprint density at radius 3 is 2.56 bits per heavy atom. The number of hydrogen-bond donors (Lipinski definition) is 0. The molecule has 0 aliphatic carbocycles. The number of carbonyl (C=O) groups is 1. The number of hydrogen-bond acceptors (Lipinski definition) is 5. The Kier molecular flexibility index (Phi) is 3.82. The third-order valence-electron chi connectivity index (χ3n) is 1.98. The van der Waals surface area contributed by atoms with E-state index in [0.717, 1.165) is 0 Å². The molecule has 0 fully saturated rings. The van der Waals surface area contributed by atoms with Gasteiger partial charge in [-0.2, -0.15) is 0 Å². The van der Waals surface area contributed by atoms with Gasteiger partial charge >= 0.3 is 0 Å². The van der Waals surface area contributed by atoms with Gasteiger partial charge in [0.1, 0.15) is 11.5 Å². The van der Waals surface area contributed by atoms with Crippen LogP contribution in [-0.2, 0) is 0 Å². The highest BCUT2D eigenvalue weighted by atomic mass is 16.6. The van der Waals surface area contributed by atoms with Crippen molar-refractivity contribution in [1.29, 1.82) is 0 Å². The molecule has 16 heavy (non-hydrogen) atoms. The van der Waals surface area contributed by atoms with Crippen LogP contribution in [0.15, 0.2) is 18.2 Å². The Morgan fingerprint density at radius 1 is 1.38 bits per heavy atom. The van der Waals surface area contributed by atoms with E-state index in [1.807, 2.05) is 0 Å². The molecule has 6 heteroatoms. The number of ketones is 1. The van der Waals surface area contributed by atoms with Crippen LogP contribution in [-0.4, -0.2) is 31.5 Å². The topological polar surface area (TPSA) is 78.7 Å². The standard InChI is InChI=1S/C10H11NO5/c1-15-7-3-4-8(10(5-7)16-2)9(12)6-11(13)14/h3-5H,6H2,1-2H3. The Hall–Kier alpha value is -2.11. The highest BCUT2D eigenvalue weighted by Crippen LogP contribution is 2.24. The Bertz CT molecular complexity index is 416. The molecule has 1 aromatic carbocycles. The van der Waals surface area contributed by atoms with Crippen LogP contribution in [0.3, 0.4) is 0 Å². The largest absolute Gasteiger partial charge is 0.497 e. The van der Waals surface area contributed by atoms with Crippen molar-refractivity contribution < 1.29 is 19.2 Å². The van der Waals surface area contributed by atoms with E-state index in [2.05, 4.69) is 0 Å². The monoisotopic (exact) mass is 225 g/mol. The van der Waals surface area contributed by atoms with Crippen molar-refractivity contribution in [2.45, 2.75) is 0 Å². The number of nitrogens with zero attached hydrogens (tertiary/aromatic N) is 1. The van der Waals surface area contributed by atoms with Gasteiger partial charge in [-0.25, -0.2) is 0 Å². The van der Waals surface area contributed by atoms with E-state index in [1.165, 1.54) is 26.4 Å². The van der Waals surface area contributed by atoms with E-state index in [4.69, 9.17) is 9.47 Å². The SMILES string of the molecule is COc1ccc(C(=O)C[N+](=O)[O-])c(OC)c1. The fraction of sp³-hybridized carbons (Fsp3) is 0.300. The summed E-state index contributed by atoms with van der Waals surface area (Å²) in [6.07, 6.45) is 0. The molecule has 1 rings (SSSR count). The molecule has 6 nitrogen and oxygen atoms in total. The normalized spacial score (nSPS) is 9.62. The summed E-state index contributed by atoms with van der Waals surface area (Å²) in [4.78, 5) is 21.0. The van der Waals surface area contributed by atoms with Gasteiger partial charge in [0, 0.05) is 11.0 Å². The van der Waals surface area contributed by atoms with Crippen molar-refractivity contribution in [3.63, 3.8) is 0 Å². The lowest BCUT2D eigenvalue weighted by Crippen LogP contribution is -2.14. The number of nitro groups is 1. The van der Waals surface area contributed by atoms with Crippen LogP contribution in [0.5, 0.6) is 11.5 Å². The van der Waals surface area contributed by atoms with E-state index >= 15 is 0 Å². The highest BCUT2D eigenvalue weighted by molar-refractivity contribution is 5.99. The van der Waals surface area contributed by atoms with E-state index in [9.17, 15) is 14.9 Å². The summed E-state index contributed by atoms with van der Waals surface area (Å²) < 4.78 is 9.91. The van der Waals surface area contributed by atoms with Crippen molar-refractivity contribution >= 4 is 5.78 Å². The van der Waals surface area contributed by atoms with Crippen LogP contribution in [0.1, 0.15) is 10.4 Å². The molecule has 0 aromatic heterocycles. The fourth-order valence-corrected chi connectivity index (χ4v) is 1.23. The average molecular weight is 225 g/mol. The highest BCUT2D eigenvalue weighted by Gasteiger charge is 2.17. The second-order valence-electron chi connectivity index (χ2n) is 2.98. The van der Waals surface area contributed by atoms with Crippen LogP contribution in [0.2, 0.25) is 0 Å². The maximum absolute atomic E-state index is 11.5. The van der Waals surface area contributed by atoms with Crippen molar-refractivity contribution in [2.24, 2.45) is 0 Å². The predicted molar refractivity (Wildman–Crippen MR) is 55.7 cm³/mol. The average Bonchev–Trinajstić information content (AvgIpc) is 2.27. The smallest absolute Gasteiger partial charge is 0.265 e. The van der Waals surface area contributed by atoms with Gasteiger partial charge in [-0.1, -0.05) is 0 Å². The van der Waals surface area contributed by atoms with Gasteiger partial charge in [0.2, 0.25) is 5.78 Å². The van der Waals surface area contributed by atoms with Gasteiger partial charge in [0.15, 0.2) is 0 Å². The molecular weight excluding hydrogens is 214 g/mol. The summed E-state index contributed by atoms with van der Waals surface area (Å²) in [5.41, 5.74) is 0.181. The number of ether oxygens (including phenoxy) is 2. The first kappa shape index (κ1) is 12.0. The summed E-state index contributed by atoms with van der Waals surface area (Å²) in [7, 11) is 2.87. The lowest BCUT2D eigenvalue weighted by Gasteiger charge is -2.07. The van der Waals surface area contributed by atoms with Crippen molar-refractivity contribution in [3.8, 4) is 11.5 Å². The van der Waals surface area contributed by atoms with Crippen LogP contribution in [0.4, 0.5) is 0 Å². The number of carbonyl (C=O) groups excluding carboxylic acids is 1. The van der Waals surface area contributed by atoms with Gasteiger partial charge in [-0.05, 0) is 12.1 Å². The van der Waals surface area contributed by atoms with Gasteiger partial charge in [0.25, 0.3) is 6.54 Å². The molecule has 0 saturated carbocycles. The van der Waals surface area contributed by atoms with Gasteiger partial charge < -0.3 is 9.47 Å². The minimum absolute atomic E-state index is 0.181. The van der Waals surface area contributed by atoms with E-state index in [-0.39, 0.29) is 11.3 Å². The third kappa shape index (κ3) is 2.69. The minimum Gasteiger partial charge on any atom is -0.497 e. The Labute approximate surface area is 91.9 Å². The molecule has 0 heterocycles. The molecule has 0 amide bonds. The molecule has 0 N–H and O–H groups in total. The van der Waals surface area contributed by atoms with Crippen molar-refractivity contribution in [2.75, 3.05) is 20.8 Å². The zero-order valence-corrected chi connectivity index (χ0v) is 8.93. The zero-order chi connectivity index (χ0) is 12.1. The zero-order valence-electron chi connectivity index (χ0n) is 8.93. The molecule has 0 aliphatic rings. The predicted octanol–water partition coefficient (Wildman–Crippen LogP) is 1.16. The molecule has 0 atom stereocenters. The van der Waals surface area contributed by atoms with Gasteiger partial charge in [-0.15, -0.1) is 0 Å². The van der Waals surface area contributed by atoms with E-state index in [0.29, 0.717) is 5.75 Å². The van der Waals surface area contributed by atoms with E-state index < -0.39 is 17.3 Å². The first-order valence-electron chi connectivity index (χ1n) is 4.45. The molecule has 0 aliphatic heterocycles. The number of rotatable bonds is 5. The lowest BCUT2D eigenvalue weighted by atomic mass is 10.1. The van der Waals surface area contributed by atoms with Gasteiger partial charge in [0.05, 0.1) is 19.8 Å². The van der Waals surface area contributed by atoms with Crippen LogP contribution >= 0.6 is 0 Å². The summed E-state index contributed by atoms with van der Waals surface area (Å²) in [6.45, 7) is -0.747. The molecule has 0 saturated heterocycles. The van der Waals surface area contributed by atoms with Gasteiger partial charge in [-0.3, -0.25) is 14.9 Å². The van der Waals surface area contributed by atoms with Crippen LogP contribution in [0, 0.1) is 10.1 Å². The number of Topliss-reactive ketones (excluding diaryl/α,β-unsaturated/α-hetero) is 1. The van der Waals surface area contributed by atoms with Crippen LogP contribution in [0.25, 0.3) is 0 Å². The third-order valence-corrected chi connectivity index (χ3v) is 1.98. The van der Waals surface area contributed by atoms with Crippen LogP contribution < -0.4 is 9.47 Å². The van der Waals surface area contributed by atoms with E-state index in [1.54, 1.807) is 6.07 Å². The molecule has 1 aromatic rings. The second kappa shape index (κ2) is 5.11. The molecular formula is C10H11NO5. The molecule has 0 radical (unpaired) electrons. The maximum Gasteiger partial charge on any atom is 0.265 e. The first-order chi connectivity index (χ1) is 7.58. The summed E-state index contributed by atoms with van der Waals surface area (Å²) in [5.74, 6) is 0.199. The fourth-order valence-electron chi connectivity index (χ4n) is 1.23. The molecule has 0 spiro atoms. The molecule has 0 unspecified atom stereocenters. The maximum atomic E-state index is 11.5. The number of methoxy groups -OCH3 is 2. The summed E-state index contributed by atoms with van der Waals surface area (Å²) in [6, 6.07) is 4.51. The quantitative estimate of drug-likeness (QED) is 0.427. The lowest BCUT2D eigenvalue weighted by molar-refractivity contribution is -0.465.